The maximum Gasteiger partial charge on any atom is 0.271 e. The molecule has 0 aliphatic carbocycles. The van der Waals surface area contributed by atoms with E-state index in [1.165, 1.54) is 24.3 Å². The fraction of sp³-hybridized carbons (Fsp3) is 0.0667. The molecule has 0 radical (unpaired) electrons. The molecule has 2 rings (SSSR count). The number of nitrogens with zero attached hydrogens (tertiary/aromatic N) is 1. The first-order chi connectivity index (χ1) is 9.56. The van der Waals surface area contributed by atoms with Crippen LogP contribution in [-0.4, -0.2) is 11.6 Å². The van der Waals surface area contributed by atoms with Crippen LogP contribution in [0.15, 0.2) is 53.6 Å². The molecule has 0 unspecified atom stereocenters. The third kappa shape index (κ3) is 3.41. The number of nitrogen functional groups attached to an aromatic ring is 1. The Morgan fingerprint density at radius 3 is 2.20 bits per heavy atom. The highest BCUT2D eigenvalue weighted by Crippen LogP contribution is 2.07. The van der Waals surface area contributed by atoms with Crippen molar-refractivity contribution in [3.05, 3.63) is 65.5 Å². The molecule has 20 heavy (non-hydrogen) atoms. The number of carbonyl (C=O) groups excluding carboxylic acids is 1. The van der Waals surface area contributed by atoms with Gasteiger partial charge in [0.15, 0.2) is 0 Å². The van der Waals surface area contributed by atoms with Gasteiger partial charge >= 0.3 is 0 Å². The van der Waals surface area contributed by atoms with E-state index in [4.69, 9.17) is 5.73 Å². The number of anilines is 1. The van der Waals surface area contributed by atoms with Crippen LogP contribution in [0.25, 0.3) is 0 Å². The SMILES string of the molecule is C/C(=N/NC(=O)c1ccc(F)cc1)c1ccc(N)cc1. The molecular weight excluding hydrogens is 257 g/mol. The number of nitrogens with two attached hydrogens (primary N) is 1. The molecule has 0 bridgehead atoms. The summed E-state index contributed by atoms with van der Waals surface area (Å²) in [5.74, 6) is -0.775. The zero-order chi connectivity index (χ0) is 14.5. The average Bonchev–Trinajstić information content (AvgIpc) is 2.46. The van der Waals surface area contributed by atoms with Crippen LogP contribution in [0.2, 0.25) is 0 Å². The lowest BCUT2D eigenvalue weighted by Gasteiger charge is -2.03. The smallest absolute Gasteiger partial charge is 0.271 e. The quantitative estimate of drug-likeness (QED) is 0.512. The van der Waals surface area contributed by atoms with Crippen LogP contribution < -0.4 is 11.2 Å². The van der Waals surface area contributed by atoms with Crippen molar-refractivity contribution in [2.75, 3.05) is 5.73 Å². The average molecular weight is 271 g/mol. The predicted molar refractivity (Wildman–Crippen MR) is 76.9 cm³/mol. The van der Waals surface area contributed by atoms with Crippen LogP contribution in [0.1, 0.15) is 22.8 Å². The summed E-state index contributed by atoms with van der Waals surface area (Å²) in [6, 6.07) is 12.4. The Morgan fingerprint density at radius 2 is 1.60 bits per heavy atom. The van der Waals surface area contributed by atoms with Crippen LogP contribution in [-0.2, 0) is 0 Å². The standard InChI is InChI=1S/C15H14FN3O/c1-10(11-4-8-14(17)9-5-11)18-19-15(20)12-2-6-13(16)7-3-12/h2-9H,17H2,1H3,(H,19,20)/b18-10-. The molecule has 102 valence electrons. The summed E-state index contributed by atoms with van der Waals surface area (Å²) in [6.07, 6.45) is 0. The fourth-order valence-electron chi connectivity index (χ4n) is 1.59. The molecule has 1 amide bonds. The lowest BCUT2D eigenvalue weighted by molar-refractivity contribution is 0.0955. The van der Waals surface area contributed by atoms with Gasteiger partial charge in [0.2, 0.25) is 0 Å². The van der Waals surface area contributed by atoms with Crippen molar-refractivity contribution in [1.29, 1.82) is 0 Å². The third-order valence-corrected chi connectivity index (χ3v) is 2.76. The number of halogens is 1. The Balaban J connectivity index is 2.06. The summed E-state index contributed by atoms with van der Waals surface area (Å²) >= 11 is 0. The summed E-state index contributed by atoms with van der Waals surface area (Å²) < 4.78 is 12.7. The predicted octanol–water partition coefficient (Wildman–Crippen LogP) is 2.56. The normalized spacial score (nSPS) is 11.2. The lowest BCUT2D eigenvalue weighted by atomic mass is 10.1. The molecule has 2 aromatic carbocycles. The molecule has 0 saturated carbocycles. The summed E-state index contributed by atoms with van der Waals surface area (Å²) in [6.45, 7) is 1.77. The minimum atomic E-state index is -0.389. The van der Waals surface area contributed by atoms with Gasteiger partial charge in [-0.3, -0.25) is 4.79 Å². The van der Waals surface area contributed by atoms with Crippen molar-refractivity contribution in [2.24, 2.45) is 5.10 Å². The second-order valence-electron chi connectivity index (χ2n) is 4.27. The molecule has 0 atom stereocenters. The van der Waals surface area contributed by atoms with Crippen molar-refractivity contribution in [3.8, 4) is 0 Å². The minimum Gasteiger partial charge on any atom is -0.399 e. The monoisotopic (exact) mass is 271 g/mol. The molecule has 0 aliphatic heterocycles. The van der Waals surface area contributed by atoms with Crippen molar-refractivity contribution in [2.45, 2.75) is 6.92 Å². The van der Waals surface area contributed by atoms with Gasteiger partial charge in [0.1, 0.15) is 5.82 Å². The number of nitrogens with one attached hydrogen (secondary N) is 1. The number of hydrazone groups is 1. The van der Waals surface area contributed by atoms with Crippen molar-refractivity contribution in [3.63, 3.8) is 0 Å². The largest absolute Gasteiger partial charge is 0.399 e. The van der Waals surface area contributed by atoms with Gasteiger partial charge in [0, 0.05) is 11.3 Å². The Bertz CT molecular complexity index is 633. The van der Waals surface area contributed by atoms with Crippen molar-refractivity contribution >= 4 is 17.3 Å². The van der Waals surface area contributed by atoms with Gasteiger partial charge in [0.05, 0.1) is 5.71 Å². The maximum absolute atomic E-state index is 12.7. The number of rotatable bonds is 3. The first-order valence-corrected chi connectivity index (χ1v) is 6.02. The number of hydrogen-bond donors (Lipinski definition) is 2. The minimum absolute atomic E-state index is 0.347. The molecule has 0 aromatic heterocycles. The Kier molecular flexibility index (Phi) is 4.10. The highest BCUT2D eigenvalue weighted by Gasteiger charge is 2.04. The van der Waals surface area contributed by atoms with Gasteiger partial charge in [0.25, 0.3) is 5.91 Å². The van der Waals surface area contributed by atoms with E-state index in [1.54, 1.807) is 19.1 Å². The molecule has 0 fully saturated rings. The zero-order valence-corrected chi connectivity index (χ0v) is 10.9. The topological polar surface area (TPSA) is 67.5 Å². The summed E-state index contributed by atoms with van der Waals surface area (Å²) in [5, 5.41) is 4.01. The Hall–Kier alpha value is -2.69. The van der Waals surface area contributed by atoms with Gasteiger partial charge in [-0.2, -0.15) is 5.10 Å². The van der Waals surface area contributed by atoms with Crippen LogP contribution in [0.3, 0.4) is 0 Å². The molecule has 0 saturated heterocycles. The van der Waals surface area contributed by atoms with E-state index in [1.807, 2.05) is 12.1 Å². The van der Waals surface area contributed by atoms with Gasteiger partial charge in [-0.05, 0) is 48.9 Å². The summed E-state index contributed by atoms with van der Waals surface area (Å²) in [4.78, 5) is 11.8. The zero-order valence-electron chi connectivity index (χ0n) is 10.9. The molecular formula is C15H14FN3O. The van der Waals surface area contributed by atoms with E-state index in [9.17, 15) is 9.18 Å². The molecule has 0 aliphatic rings. The van der Waals surface area contributed by atoms with Crippen LogP contribution >= 0.6 is 0 Å². The van der Waals surface area contributed by atoms with E-state index in [0.717, 1.165) is 5.56 Å². The summed E-state index contributed by atoms with van der Waals surface area (Å²) in [7, 11) is 0. The van der Waals surface area contributed by atoms with Crippen LogP contribution in [0, 0.1) is 5.82 Å². The van der Waals surface area contributed by atoms with Gasteiger partial charge in [-0.1, -0.05) is 12.1 Å². The number of carbonyl (C=O) groups is 1. The highest BCUT2D eigenvalue weighted by molar-refractivity contribution is 6.01. The first kappa shape index (κ1) is 13.7. The number of hydrogen-bond acceptors (Lipinski definition) is 3. The van der Waals surface area contributed by atoms with E-state index >= 15 is 0 Å². The van der Waals surface area contributed by atoms with Gasteiger partial charge in [-0.15, -0.1) is 0 Å². The summed E-state index contributed by atoms with van der Waals surface area (Å²) in [5.41, 5.74) is 10.5. The van der Waals surface area contributed by atoms with Gasteiger partial charge in [-0.25, -0.2) is 9.82 Å². The fourth-order valence-corrected chi connectivity index (χ4v) is 1.59. The Morgan fingerprint density at radius 1 is 1.05 bits per heavy atom. The molecule has 0 heterocycles. The highest BCUT2D eigenvalue weighted by atomic mass is 19.1. The van der Waals surface area contributed by atoms with E-state index < -0.39 is 0 Å². The van der Waals surface area contributed by atoms with E-state index in [-0.39, 0.29) is 11.7 Å². The molecule has 5 heteroatoms. The van der Waals surface area contributed by atoms with E-state index in [2.05, 4.69) is 10.5 Å². The van der Waals surface area contributed by atoms with E-state index in [0.29, 0.717) is 17.0 Å². The Labute approximate surface area is 116 Å². The maximum atomic E-state index is 12.7. The molecule has 3 N–H and O–H groups in total. The first-order valence-electron chi connectivity index (χ1n) is 6.02. The molecule has 0 spiro atoms. The second kappa shape index (κ2) is 5.97. The second-order valence-corrected chi connectivity index (χ2v) is 4.27. The number of amides is 1. The molecule has 2 aromatic rings. The third-order valence-electron chi connectivity index (χ3n) is 2.76. The van der Waals surface area contributed by atoms with Crippen LogP contribution in [0.5, 0.6) is 0 Å². The number of benzene rings is 2. The van der Waals surface area contributed by atoms with Gasteiger partial charge < -0.3 is 5.73 Å². The molecule has 4 nitrogen and oxygen atoms in total. The lowest BCUT2D eigenvalue weighted by Crippen LogP contribution is -2.19. The van der Waals surface area contributed by atoms with Crippen LogP contribution in [0.4, 0.5) is 10.1 Å². The van der Waals surface area contributed by atoms with Crippen molar-refractivity contribution in [1.82, 2.24) is 5.43 Å². The van der Waals surface area contributed by atoms with Crippen molar-refractivity contribution < 1.29 is 9.18 Å².